The largest absolute Gasteiger partial charge is 0.393 e. The summed E-state index contributed by atoms with van der Waals surface area (Å²) in [5, 5.41) is 48.0. The molecule has 0 aliphatic heterocycles. The van der Waals surface area contributed by atoms with Gasteiger partial charge in [0.2, 0.25) is 0 Å². The van der Waals surface area contributed by atoms with Crippen LogP contribution in [0.5, 0.6) is 0 Å². The standard InChI is InChI=1S/C10H22O5/c1-5(11)9(15)10(6(2)12,7(3)13)8(4)14/h5-9,11-15H,1-4H3. The smallest absolute Gasteiger partial charge is 0.0926 e. The molecule has 15 heavy (non-hydrogen) atoms. The van der Waals surface area contributed by atoms with Crippen LogP contribution in [0.25, 0.3) is 0 Å². The maximum Gasteiger partial charge on any atom is 0.0926 e. The Hall–Kier alpha value is -0.200. The fourth-order valence-electron chi connectivity index (χ4n) is 2.21. The van der Waals surface area contributed by atoms with Crippen LogP contribution in [-0.2, 0) is 0 Å². The van der Waals surface area contributed by atoms with Crippen molar-refractivity contribution in [2.75, 3.05) is 0 Å². The zero-order valence-electron chi connectivity index (χ0n) is 9.62. The topological polar surface area (TPSA) is 101 Å². The summed E-state index contributed by atoms with van der Waals surface area (Å²) in [4.78, 5) is 0. The van der Waals surface area contributed by atoms with Gasteiger partial charge in [-0.2, -0.15) is 0 Å². The summed E-state index contributed by atoms with van der Waals surface area (Å²) < 4.78 is 0. The lowest BCUT2D eigenvalue weighted by Crippen LogP contribution is -2.61. The second-order valence-corrected chi connectivity index (χ2v) is 4.21. The maximum absolute atomic E-state index is 9.82. The molecule has 5 N–H and O–H groups in total. The van der Waals surface area contributed by atoms with E-state index in [1.54, 1.807) is 0 Å². The van der Waals surface area contributed by atoms with Crippen LogP contribution in [0.1, 0.15) is 27.7 Å². The molecule has 92 valence electrons. The third-order valence-electron chi connectivity index (χ3n) is 3.14. The summed E-state index contributed by atoms with van der Waals surface area (Å²) in [7, 11) is 0. The molecule has 5 nitrogen and oxygen atoms in total. The van der Waals surface area contributed by atoms with Gasteiger partial charge < -0.3 is 25.5 Å². The molecule has 0 radical (unpaired) electrons. The van der Waals surface area contributed by atoms with Crippen molar-refractivity contribution in [1.82, 2.24) is 0 Å². The van der Waals surface area contributed by atoms with Gasteiger partial charge in [0.1, 0.15) is 0 Å². The van der Waals surface area contributed by atoms with Crippen molar-refractivity contribution in [3.05, 3.63) is 0 Å². The van der Waals surface area contributed by atoms with Crippen molar-refractivity contribution in [3.63, 3.8) is 0 Å². The van der Waals surface area contributed by atoms with E-state index in [-0.39, 0.29) is 0 Å². The molecule has 0 bridgehead atoms. The van der Waals surface area contributed by atoms with Crippen molar-refractivity contribution in [3.8, 4) is 0 Å². The highest BCUT2D eigenvalue weighted by atomic mass is 16.3. The SMILES string of the molecule is CC(O)C(O)C(C(C)O)(C(C)O)C(C)O. The Bertz CT molecular complexity index is 166. The van der Waals surface area contributed by atoms with E-state index in [1.165, 1.54) is 27.7 Å². The van der Waals surface area contributed by atoms with Gasteiger partial charge in [0.05, 0.1) is 35.9 Å². The van der Waals surface area contributed by atoms with Gasteiger partial charge in [0, 0.05) is 0 Å². The highest BCUT2D eigenvalue weighted by Crippen LogP contribution is 2.36. The molecule has 0 heterocycles. The Labute approximate surface area is 90.0 Å². The average molecular weight is 222 g/mol. The Kier molecular flexibility index (Phi) is 5.16. The summed E-state index contributed by atoms with van der Waals surface area (Å²) in [6.07, 6.45) is -6.01. The lowest BCUT2D eigenvalue weighted by atomic mass is 9.68. The molecule has 0 saturated carbocycles. The molecule has 0 aromatic heterocycles. The molecule has 5 atom stereocenters. The first-order chi connectivity index (χ1) is 6.68. The van der Waals surface area contributed by atoms with Crippen LogP contribution >= 0.6 is 0 Å². The Balaban J connectivity index is 5.32. The summed E-state index contributed by atoms with van der Waals surface area (Å²) in [5.41, 5.74) is -1.55. The third-order valence-corrected chi connectivity index (χ3v) is 3.14. The first-order valence-electron chi connectivity index (χ1n) is 5.09. The molecule has 0 amide bonds. The molecule has 0 rings (SSSR count). The van der Waals surface area contributed by atoms with E-state index in [0.29, 0.717) is 0 Å². The summed E-state index contributed by atoms with van der Waals surface area (Å²) in [5.74, 6) is 0. The molecule has 0 aliphatic rings. The number of aliphatic hydroxyl groups is 5. The molecule has 0 saturated heterocycles. The Morgan fingerprint density at radius 1 is 0.667 bits per heavy atom. The van der Waals surface area contributed by atoms with Gasteiger partial charge >= 0.3 is 0 Å². The van der Waals surface area contributed by atoms with Crippen molar-refractivity contribution in [1.29, 1.82) is 0 Å². The lowest BCUT2D eigenvalue weighted by molar-refractivity contribution is -0.202. The normalized spacial score (nSPS) is 26.2. The highest BCUT2D eigenvalue weighted by molar-refractivity contribution is 5.00. The van der Waals surface area contributed by atoms with E-state index in [2.05, 4.69) is 0 Å². The highest BCUT2D eigenvalue weighted by Gasteiger charge is 2.52. The number of aliphatic hydroxyl groups excluding tert-OH is 5. The van der Waals surface area contributed by atoms with Gasteiger partial charge in [-0.05, 0) is 27.7 Å². The quantitative estimate of drug-likeness (QED) is 0.404. The molecular formula is C10H22O5. The van der Waals surface area contributed by atoms with Gasteiger partial charge in [-0.3, -0.25) is 0 Å². The van der Waals surface area contributed by atoms with Crippen molar-refractivity contribution < 1.29 is 25.5 Å². The fraction of sp³-hybridized carbons (Fsp3) is 1.00. The van der Waals surface area contributed by atoms with Gasteiger partial charge in [0.15, 0.2) is 0 Å². The zero-order valence-corrected chi connectivity index (χ0v) is 9.62. The van der Waals surface area contributed by atoms with Crippen LogP contribution in [-0.4, -0.2) is 56.1 Å². The molecule has 5 heteroatoms. The number of rotatable bonds is 5. The zero-order chi connectivity index (χ0) is 12.4. The lowest BCUT2D eigenvalue weighted by Gasteiger charge is -2.46. The minimum Gasteiger partial charge on any atom is -0.393 e. The van der Waals surface area contributed by atoms with Crippen molar-refractivity contribution >= 4 is 0 Å². The van der Waals surface area contributed by atoms with E-state index in [1.807, 2.05) is 0 Å². The van der Waals surface area contributed by atoms with Gasteiger partial charge in [-0.25, -0.2) is 0 Å². The fourth-order valence-corrected chi connectivity index (χ4v) is 2.21. The van der Waals surface area contributed by atoms with Crippen LogP contribution in [0, 0.1) is 5.41 Å². The second-order valence-electron chi connectivity index (χ2n) is 4.21. The average Bonchev–Trinajstić information content (AvgIpc) is 2.02. The van der Waals surface area contributed by atoms with Crippen LogP contribution in [0.3, 0.4) is 0 Å². The number of hydrogen-bond acceptors (Lipinski definition) is 5. The molecule has 0 aromatic rings. The molecule has 0 fully saturated rings. The second kappa shape index (κ2) is 5.23. The summed E-state index contributed by atoms with van der Waals surface area (Å²) >= 11 is 0. The number of hydrogen-bond donors (Lipinski definition) is 5. The molecular weight excluding hydrogens is 200 g/mol. The minimum atomic E-state index is -1.55. The van der Waals surface area contributed by atoms with Crippen LogP contribution in [0.4, 0.5) is 0 Å². The molecule has 0 spiro atoms. The first kappa shape index (κ1) is 14.8. The Morgan fingerprint density at radius 3 is 1.00 bits per heavy atom. The van der Waals surface area contributed by atoms with E-state index >= 15 is 0 Å². The van der Waals surface area contributed by atoms with Crippen LogP contribution in [0.15, 0.2) is 0 Å². The molecule has 0 aromatic carbocycles. The third kappa shape index (κ3) is 2.49. The monoisotopic (exact) mass is 222 g/mol. The summed E-state index contributed by atoms with van der Waals surface area (Å²) in [6.45, 7) is 5.44. The predicted molar refractivity (Wildman–Crippen MR) is 55.2 cm³/mol. The van der Waals surface area contributed by atoms with Crippen molar-refractivity contribution in [2.24, 2.45) is 5.41 Å². The van der Waals surface area contributed by atoms with E-state index in [9.17, 15) is 25.5 Å². The summed E-state index contributed by atoms with van der Waals surface area (Å²) in [6, 6.07) is 0. The first-order valence-corrected chi connectivity index (χ1v) is 5.09. The van der Waals surface area contributed by atoms with E-state index in [4.69, 9.17) is 0 Å². The molecule has 0 aliphatic carbocycles. The van der Waals surface area contributed by atoms with Crippen LogP contribution in [0.2, 0.25) is 0 Å². The van der Waals surface area contributed by atoms with Gasteiger partial charge in [-0.1, -0.05) is 0 Å². The predicted octanol–water partition coefficient (Wildman–Crippen LogP) is -1.14. The van der Waals surface area contributed by atoms with Crippen LogP contribution < -0.4 is 0 Å². The van der Waals surface area contributed by atoms with Crippen molar-refractivity contribution in [2.45, 2.75) is 58.2 Å². The minimum absolute atomic E-state index is 1.15. The van der Waals surface area contributed by atoms with Gasteiger partial charge in [0.25, 0.3) is 0 Å². The molecule has 5 unspecified atom stereocenters. The maximum atomic E-state index is 9.82. The van der Waals surface area contributed by atoms with Gasteiger partial charge in [-0.15, -0.1) is 0 Å². The van der Waals surface area contributed by atoms with E-state index < -0.39 is 35.9 Å². The Morgan fingerprint density at radius 2 is 0.933 bits per heavy atom. The van der Waals surface area contributed by atoms with E-state index in [0.717, 1.165) is 0 Å².